The quantitative estimate of drug-likeness (QED) is 0.909. The van der Waals surface area contributed by atoms with Gasteiger partial charge in [0.25, 0.3) is 5.91 Å². The maximum Gasteiger partial charge on any atom is 0.254 e. The van der Waals surface area contributed by atoms with Crippen molar-refractivity contribution in [3.8, 4) is 0 Å². The summed E-state index contributed by atoms with van der Waals surface area (Å²) in [6.07, 6.45) is 0.650. The second-order valence-electron chi connectivity index (χ2n) is 6.98. The molecule has 2 aliphatic rings. The van der Waals surface area contributed by atoms with Crippen LogP contribution >= 0.6 is 11.3 Å². The highest BCUT2D eigenvalue weighted by Gasteiger charge is 2.40. The Hall–Kier alpha value is -0.950. The van der Waals surface area contributed by atoms with Crippen molar-refractivity contribution >= 4 is 17.2 Å². The number of hydrogen-bond acceptors (Lipinski definition) is 5. The maximum absolute atomic E-state index is 12.7. The number of ether oxygens (including phenoxy) is 1. The van der Waals surface area contributed by atoms with E-state index in [0.717, 1.165) is 31.9 Å². The van der Waals surface area contributed by atoms with E-state index >= 15 is 0 Å². The predicted octanol–water partition coefficient (Wildman–Crippen LogP) is 1.78. The van der Waals surface area contributed by atoms with Crippen LogP contribution in [0.3, 0.4) is 0 Å². The van der Waals surface area contributed by atoms with Gasteiger partial charge in [0.2, 0.25) is 0 Å². The van der Waals surface area contributed by atoms with E-state index in [4.69, 9.17) is 4.74 Å². The van der Waals surface area contributed by atoms with E-state index in [0.29, 0.717) is 32.0 Å². The van der Waals surface area contributed by atoms with Gasteiger partial charge in [0.05, 0.1) is 30.9 Å². The molecule has 1 N–H and O–H groups in total. The highest BCUT2D eigenvalue weighted by Crippen LogP contribution is 2.28. The molecule has 0 unspecified atom stereocenters. The number of nitrogens with zero attached hydrogens (tertiary/aromatic N) is 2. The summed E-state index contributed by atoms with van der Waals surface area (Å²) < 4.78 is 5.35. The van der Waals surface area contributed by atoms with Gasteiger partial charge in [0.15, 0.2) is 0 Å². The Balaban J connectivity index is 1.60. The van der Waals surface area contributed by atoms with Crippen LogP contribution in [-0.4, -0.2) is 72.4 Å². The number of thiophene rings is 1. The highest BCUT2D eigenvalue weighted by molar-refractivity contribution is 7.10. The van der Waals surface area contributed by atoms with Crippen molar-refractivity contribution in [2.24, 2.45) is 0 Å². The summed E-state index contributed by atoms with van der Waals surface area (Å²) in [5.41, 5.74) is -0.0292. The van der Waals surface area contributed by atoms with Crippen LogP contribution in [-0.2, 0) is 4.74 Å². The fourth-order valence-corrected chi connectivity index (χ4v) is 4.18. The van der Waals surface area contributed by atoms with Crippen molar-refractivity contribution in [1.29, 1.82) is 0 Å². The van der Waals surface area contributed by atoms with Crippen molar-refractivity contribution in [3.05, 3.63) is 21.9 Å². The van der Waals surface area contributed by atoms with Crippen LogP contribution in [0.4, 0.5) is 0 Å². The van der Waals surface area contributed by atoms with Crippen molar-refractivity contribution in [3.63, 3.8) is 0 Å². The average Bonchev–Trinajstić information content (AvgIpc) is 3.15. The number of β-amino-alcohol motifs (C(OH)–C–C–N with tert-alkyl or cyclic N) is 1. The van der Waals surface area contributed by atoms with Gasteiger partial charge in [-0.1, -0.05) is 13.8 Å². The smallest absolute Gasteiger partial charge is 0.254 e. The highest BCUT2D eigenvalue weighted by atomic mass is 32.1. The lowest BCUT2D eigenvalue weighted by Gasteiger charge is -2.33. The fraction of sp³-hybridized carbons (Fsp3) is 0.706. The Morgan fingerprint density at radius 3 is 2.78 bits per heavy atom. The Kier molecular flexibility index (Phi) is 5.06. The number of likely N-dealkylation sites (tertiary alicyclic amines) is 1. The Bertz CT molecular complexity index is 554. The SMILES string of the molecule is CC(C)c1cc(C(=O)N2CC[C@@](O)(CN3CCOCC3)C2)cs1. The van der Waals surface area contributed by atoms with Gasteiger partial charge in [-0.15, -0.1) is 11.3 Å². The van der Waals surface area contributed by atoms with E-state index in [2.05, 4.69) is 18.7 Å². The van der Waals surface area contributed by atoms with Gasteiger partial charge < -0.3 is 14.7 Å². The lowest BCUT2D eigenvalue weighted by molar-refractivity contribution is -0.0257. The molecule has 6 heteroatoms. The number of carbonyl (C=O) groups is 1. The molecule has 1 amide bonds. The summed E-state index contributed by atoms with van der Waals surface area (Å²) >= 11 is 1.64. The van der Waals surface area contributed by atoms with Crippen molar-refractivity contribution in [2.45, 2.75) is 31.8 Å². The molecule has 1 atom stereocenters. The Morgan fingerprint density at radius 2 is 2.13 bits per heavy atom. The molecule has 0 aliphatic carbocycles. The molecule has 3 heterocycles. The molecule has 0 saturated carbocycles. The van der Waals surface area contributed by atoms with Gasteiger partial charge in [-0.2, -0.15) is 0 Å². The van der Waals surface area contributed by atoms with Crippen LogP contribution in [0, 0.1) is 0 Å². The number of rotatable bonds is 4. The average molecular weight is 338 g/mol. The molecule has 2 aliphatic heterocycles. The van der Waals surface area contributed by atoms with E-state index in [1.54, 1.807) is 16.2 Å². The second-order valence-corrected chi connectivity index (χ2v) is 7.92. The number of aliphatic hydroxyl groups is 1. The third-order valence-electron chi connectivity index (χ3n) is 4.68. The minimum absolute atomic E-state index is 0.0473. The number of carbonyl (C=O) groups excluding carboxylic acids is 1. The van der Waals surface area contributed by atoms with E-state index in [1.165, 1.54) is 4.88 Å². The minimum atomic E-state index is -0.788. The van der Waals surface area contributed by atoms with Crippen molar-refractivity contribution < 1.29 is 14.6 Å². The zero-order valence-electron chi connectivity index (χ0n) is 14.0. The van der Waals surface area contributed by atoms with E-state index < -0.39 is 5.60 Å². The fourth-order valence-electron chi connectivity index (χ4n) is 3.28. The zero-order valence-corrected chi connectivity index (χ0v) is 14.8. The molecular weight excluding hydrogens is 312 g/mol. The third kappa shape index (κ3) is 3.94. The van der Waals surface area contributed by atoms with Crippen molar-refractivity contribution in [1.82, 2.24) is 9.80 Å². The molecule has 1 aromatic heterocycles. The zero-order chi connectivity index (χ0) is 16.4. The summed E-state index contributed by atoms with van der Waals surface area (Å²) in [7, 11) is 0. The molecule has 0 bridgehead atoms. The molecule has 0 spiro atoms. The topological polar surface area (TPSA) is 53.0 Å². The van der Waals surface area contributed by atoms with E-state index in [-0.39, 0.29) is 5.91 Å². The first-order valence-electron chi connectivity index (χ1n) is 8.37. The van der Waals surface area contributed by atoms with Gasteiger partial charge in [0.1, 0.15) is 0 Å². The molecule has 2 fully saturated rings. The normalized spacial score (nSPS) is 26.2. The van der Waals surface area contributed by atoms with Gasteiger partial charge in [-0.25, -0.2) is 0 Å². The summed E-state index contributed by atoms with van der Waals surface area (Å²) in [6, 6.07) is 2.00. The number of hydrogen-bond donors (Lipinski definition) is 1. The number of amides is 1. The van der Waals surface area contributed by atoms with Crippen LogP contribution in [0.25, 0.3) is 0 Å². The van der Waals surface area contributed by atoms with E-state index in [9.17, 15) is 9.90 Å². The standard InChI is InChI=1S/C17H26N2O3S/c1-13(2)15-9-14(10-23-15)16(20)19-4-3-17(21,12-19)11-18-5-7-22-8-6-18/h9-10,13,21H,3-8,11-12H2,1-2H3/t17-/m1/s1. The summed E-state index contributed by atoms with van der Waals surface area (Å²) in [6.45, 7) is 9.13. The van der Waals surface area contributed by atoms with Gasteiger partial charge in [-0.3, -0.25) is 9.69 Å². The van der Waals surface area contributed by atoms with Crippen molar-refractivity contribution in [2.75, 3.05) is 45.9 Å². The maximum atomic E-state index is 12.7. The largest absolute Gasteiger partial charge is 0.387 e. The summed E-state index contributed by atoms with van der Waals surface area (Å²) in [5, 5.41) is 12.8. The first-order chi connectivity index (χ1) is 11.0. The summed E-state index contributed by atoms with van der Waals surface area (Å²) in [4.78, 5) is 17.9. The van der Waals surface area contributed by atoms with Crippen LogP contribution in [0.1, 0.15) is 41.4 Å². The first-order valence-corrected chi connectivity index (χ1v) is 9.25. The molecular formula is C17H26N2O3S. The Labute approximate surface area is 141 Å². The summed E-state index contributed by atoms with van der Waals surface area (Å²) in [5.74, 6) is 0.490. The molecule has 5 nitrogen and oxygen atoms in total. The predicted molar refractivity (Wildman–Crippen MR) is 91.1 cm³/mol. The van der Waals surface area contributed by atoms with Crippen LogP contribution in [0.2, 0.25) is 0 Å². The molecule has 3 rings (SSSR count). The second kappa shape index (κ2) is 6.89. The van der Waals surface area contributed by atoms with Crippen LogP contribution in [0.15, 0.2) is 11.4 Å². The lowest BCUT2D eigenvalue weighted by atomic mass is 10.0. The third-order valence-corrected chi connectivity index (χ3v) is 5.91. The molecule has 2 saturated heterocycles. The van der Waals surface area contributed by atoms with Gasteiger partial charge in [-0.05, 0) is 18.4 Å². The molecule has 0 aromatic carbocycles. The molecule has 0 radical (unpaired) electrons. The van der Waals surface area contributed by atoms with Gasteiger partial charge in [0, 0.05) is 36.4 Å². The molecule has 23 heavy (non-hydrogen) atoms. The minimum Gasteiger partial charge on any atom is -0.387 e. The molecule has 128 valence electrons. The first kappa shape index (κ1) is 16.9. The monoisotopic (exact) mass is 338 g/mol. The van der Waals surface area contributed by atoms with Crippen LogP contribution < -0.4 is 0 Å². The molecule has 1 aromatic rings. The van der Waals surface area contributed by atoms with Gasteiger partial charge >= 0.3 is 0 Å². The van der Waals surface area contributed by atoms with E-state index in [1.807, 2.05) is 11.4 Å². The number of morpholine rings is 1. The van der Waals surface area contributed by atoms with Crippen LogP contribution in [0.5, 0.6) is 0 Å². The Morgan fingerprint density at radius 1 is 1.39 bits per heavy atom. The lowest BCUT2D eigenvalue weighted by Crippen LogP contribution is -2.49.